The second-order valence-electron chi connectivity index (χ2n) is 4.97. The van der Waals surface area contributed by atoms with Crippen molar-refractivity contribution in [2.24, 2.45) is 13.0 Å². The van der Waals surface area contributed by atoms with Gasteiger partial charge in [-0.2, -0.15) is 18.3 Å². The lowest BCUT2D eigenvalue weighted by molar-refractivity contribution is -0.174. The van der Waals surface area contributed by atoms with E-state index in [4.69, 9.17) is 0 Å². The third-order valence-electron chi connectivity index (χ3n) is 3.55. The highest BCUT2D eigenvalue weighted by molar-refractivity contribution is 5.92. The molecule has 7 nitrogen and oxygen atoms in total. The van der Waals surface area contributed by atoms with Crippen molar-refractivity contribution in [3.63, 3.8) is 0 Å². The summed E-state index contributed by atoms with van der Waals surface area (Å²) >= 11 is 0. The maximum Gasteiger partial charge on any atom is 0.415 e. The van der Waals surface area contributed by atoms with Crippen molar-refractivity contribution in [1.82, 2.24) is 9.78 Å². The van der Waals surface area contributed by atoms with E-state index in [1.165, 1.54) is 17.8 Å². The zero-order valence-electron chi connectivity index (χ0n) is 12.1. The summed E-state index contributed by atoms with van der Waals surface area (Å²) in [7, 11) is 1.46. The Balaban J connectivity index is 2.56. The van der Waals surface area contributed by atoms with Crippen molar-refractivity contribution in [3.8, 4) is 0 Å². The van der Waals surface area contributed by atoms with Gasteiger partial charge < -0.3 is 9.84 Å². The van der Waals surface area contributed by atoms with Crippen LogP contribution < -0.4 is 4.90 Å². The van der Waals surface area contributed by atoms with Crippen LogP contribution in [-0.2, 0) is 23.0 Å². The Morgan fingerprint density at radius 2 is 2.22 bits per heavy atom. The molecule has 1 aromatic rings. The molecule has 1 N–H and O–H groups in total. The molecule has 0 aromatic carbocycles. The first-order valence-electron chi connectivity index (χ1n) is 6.55. The summed E-state index contributed by atoms with van der Waals surface area (Å²) in [4.78, 5) is 23.7. The van der Waals surface area contributed by atoms with E-state index in [9.17, 15) is 27.9 Å². The molecular weight excluding hydrogens is 319 g/mol. The highest BCUT2D eigenvalue weighted by Crippen LogP contribution is 2.41. The SMILES string of the molecule is C=CCOC(=O)N1c2cnn(C)c2CC(C(=O)O)C1C(F)(F)F. The van der Waals surface area contributed by atoms with E-state index in [0.29, 0.717) is 4.90 Å². The lowest BCUT2D eigenvalue weighted by Crippen LogP contribution is -2.58. The predicted molar refractivity (Wildman–Crippen MR) is 71.9 cm³/mol. The molecule has 1 aromatic heterocycles. The average Bonchev–Trinajstić information content (AvgIpc) is 2.83. The second kappa shape index (κ2) is 5.94. The molecule has 0 spiro atoms. The van der Waals surface area contributed by atoms with Crippen LogP contribution >= 0.6 is 0 Å². The van der Waals surface area contributed by atoms with Gasteiger partial charge in [0, 0.05) is 13.5 Å². The number of ether oxygens (including phenoxy) is 1. The van der Waals surface area contributed by atoms with Gasteiger partial charge in [0.25, 0.3) is 0 Å². The highest BCUT2D eigenvalue weighted by atomic mass is 19.4. The van der Waals surface area contributed by atoms with Crippen LogP contribution in [0.1, 0.15) is 5.69 Å². The largest absolute Gasteiger partial charge is 0.481 e. The number of hydrogen-bond donors (Lipinski definition) is 1. The van der Waals surface area contributed by atoms with E-state index >= 15 is 0 Å². The number of fused-ring (bicyclic) bond motifs is 1. The molecule has 1 amide bonds. The van der Waals surface area contributed by atoms with Crippen LogP contribution in [0.5, 0.6) is 0 Å². The molecule has 0 bridgehead atoms. The van der Waals surface area contributed by atoms with Gasteiger partial charge in [0.2, 0.25) is 0 Å². The molecule has 1 aliphatic heterocycles. The average molecular weight is 333 g/mol. The number of aliphatic carboxylic acids is 1. The predicted octanol–water partition coefficient (Wildman–Crippen LogP) is 1.74. The van der Waals surface area contributed by atoms with Gasteiger partial charge in [-0.15, -0.1) is 0 Å². The molecule has 23 heavy (non-hydrogen) atoms. The zero-order chi connectivity index (χ0) is 17.4. The van der Waals surface area contributed by atoms with Crippen LogP contribution in [0.2, 0.25) is 0 Å². The first-order valence-corrected chi connectivity index (χ1v) is 6.55. The zero-order valence-corrected chi connectivity index (χ0v) is 12.1. The summed E-state index contributed by atoms with van der Waals surface area (Å²) in [5, 5.41) is 13.0. The van der Waals surface area contributed by atoms with E-state index < -0.39 is 36.6 Å². The topological polar surface area (TPSA) is 84.7 Å². The molecule has 2 heterocycles. The number of carbonyl (C=O) groups excluding carboxylic acids is 1. The van der Waals surface area contributed by atoms with Gasteiger partial charge in [-0.05, 0) is 0 Å². The molecule has 2 unspecified atom stereocenters. The number of rotatable bonds is 3. The molecule has 126 valence electrons. The first-order chi connectivity index (χ1) is 10.7. The van der Waals surface area contributed by atoms with Crippen molar-refractivity contribution >= 4 is 17.7 Å². The van der Waals surface area contributed by atoms with E-state index in [0.717, 1.165) is 6.20 Å². The minimum atomic E-state index is -4.94. The third kappa shape index (κ3) is 3.01. The number of aryl methyl sites for hydroxylation is 1. The van der Waals surface area contributed by atoms with E-state index in [2.05, 4.69) is 16.4 Å². The van der Waals surface area contributed by atoms with Gasteiger partial charge in [-0.1, -0.05) is 12.7 Å². The van der Waals surface area contributed by atoms with Gasteiger partial charge in [-0.3, -0.25) is 14.4 Å². The Morgan fingerprint density at radius 1 is 1.57 bits per heavy atom. The molecule has 0 saturated heterocycles. The monoisotopic (exact) mass is 333 g/mol. The fraction of sp³-hybridized carbons (Fsp3) is 0.462. The molecule has 10 heteroatoms. The van der Waals surface area contributed by atoms with Crippen LogP contribution in [-0.4, -0.2) is 45.8 Å². The van der Waals surface area contributed by atoms with Gasteiger partial charge in [-0.25, -0.2) is 4.79 Å². The summed E-state index contributed by atoms with van der Waals surface area (Å²) in [6, 6.07) is -2.53. The molecule has 0 saturated carbocycles. The van der Waals surface area contributed by atoms with Crippen LogP contribution in [0.25, 0.3) is 0 Å². The smallest absolute Gasteiger partial charge is 0.415 e. The highest BCUT2D eigenvalue weighted by Gasteiger charge is 2.56. The molecule has 2 rings (SSSR count). The van der Waals surface area contributed by atoms with Crippen molar-refractivity contribution in [1.29, 1.82) is 0 Å². The Labute approximate surface area is 128 Å². The maximum atomic E-state index is 13.4. The van der Waals surface area contributed by atoms with Crippen LogP contribution in [0.15, 0.2) is 18.9 Å². The summed E-state index contributed by atoms with van der Waals surface area (Å²) in [5.74, 6) is -3.50. The number of carboxylic acid groups (broad SMARTS) is 1. The van der Waals surface area contributed by atoms with E-state index in [-0.39, 0.29) is 18.0 Å². The number of amides is 1. The summed E-state index contributed by atoms with van der Waals surface area (Å²) < 4.78 is 46.2. The van der Waals surface area contributed by atoms with E-state index in [1.807, 2.05) is 0 Å². The van der Waals surface area contributed by atoms with Crippen LogP contribution in [0.4, 0.5) is 23.7 Å². The fourth-order valence-electron chi connectivity index (χ4n) is 2.55. The molecule has 0 aliphatic carbocycles. The van der Waals surface area contributed by atoms with Crippen LogP contribution in [0.3, 0.4) is 0 Å². The minimum absolute atomic E-state index is 0.110. The molecule has 0 fully saturated rings. The lowest BCUT2D eigenvalue weighted by Gasteiger charge is -2.39. The Hall–Kier alpha value is -2.52. The summed E-state index contributed by atoms with van der Waals surface area (Å²) in [6.07, 6.45) is -4.35. The fourth-order valence-corrected chi connectivity index (χ4v) is 2.55. The number of carbonyl (C=O) groups is 2. The Kier molecular flexibility index (Phi) is 4.35. The molecular formula is C13H14F3N3O4. The molecule has 0 radical (unpaired) electrons. The molecule has 2 atom stereocenters. The summed E-state index contributed by atoms with van der Waals surface area (Å²) in [6.45, 7) is 3.01. The van der Waals surface area contributed by atoms with Gasteiger partial charge in [0.1, 0.15) is 12.6 Å². The quantitative estimate of drug-likeness (QED) is 0.852. The number of carboxylic acids is 1. The van der Waals surface area contributed by atoms with Gasteiger partial charge >= 0.3 is 18.2 Å². The van der Waals surface area contributed by atoms with Gasteiger partial charge in [0.05, 0.1) is 23.5 Å². The van der Waals surface area contributed by atoms with Gasteiger partial charge in [0.15, 0.2) is 0 Å². The number of hydrogen-bond acceptors (Lipinski definition) is 4. The minimum Gasteiger partial charge on any atom is -0.481 e. The Morgan fingerprint density at radius 3 is 2.74 bits per heavy atom. The standard InChI is InChI=1S/C13H14F3N3O4/c1-3-4-23-12(22)19-9-6-17-18(2)8(9)5-7(11(20)21)10(19)13(14,15)16/h3,6-7,10H,1,4-5H2,2H3,(H,20,21). The van der Waals surface area contributed by atoms with Crippen molar-refractivity contribution in [2.75, 3.05) is 11.5 Å². The normalized spacial score (nSPS) is 20.8. The Bertz CT molecular complexity index is 641. The third-order valence-corrected chi connectivity index (χ3v) is 3.55. The number of anilines is 1. The van der Waals surface area contributed by atoms with E-state index in [1.54, 1.807) is 0 Å². The van der Waals surface area contributed by atoms with Crippen molar-refractivity contribution in [2.45, 2.75) is 18.6 Å². The van der Waals surface area contributed by atoms with Crippen molar-refractivity contribution in [3.05, 3.63) is 24.5 Å². The van der Waals surface area contributed by atoms with Crippen LogP contribution in [0, 0.1) is 5.92 Å². The number of aromatic nitrogens is 2. The molecule has 1 aliphatic rings. The second-order valence-corrected chi connectivity index (χ2v) is 4.97. The lowest BCUT2D eigenvalue weighted by atomic mass is 9.88. The first kappa shape index (κ1) is 16.8. The number of nitrogens with zero attached hydrogens (tertiary/aromatic N) is 3. The number of alkyl halides is 3. The number of halogens is 3. The maximum absolute atomic E-state index is 13.4. The van der Waals surface area contributed by atoms with Crippen molar-refractivity contribution < 1.29 is 32.6 Å². The summed E-state index contributed by atoms with van der Waals surface area (Å²) in [5.41, 5.74) is 0.106.